The van der Waals surface area contributed by atoms with Crippen LogP contribution in [0.1, 0.15) is 27.9 Å². The van der Waals surface area contributed by atoms with Crippen LogP contribution in [0, 0.1) is 6.92 Å². The predicted molar refractivity (Wildman–Crippen MR) is 121 cm³/mol. The number of benzene rings is 1. The number of aromatic nitrogens is 3. The zero-order chi connectivity index (χ0) is 21.1. The van der Waals surface area contributed by atoms with Crippen molar-refractivity contribution >= 4 is 45.6 Å². The van der Waals surface area contributed by atoms with Gasteiger partial charge >= 0.3 is 0 Å². The first kappa shape index (κ1) is 19.9. The van der Waals surface area contributed by atoms with E-state index in [0.29, 0.717) is 15.7 Å². The molecule has 0 fully saturated rings. The summed E-state index contributed by atoms with van der Waals surface area (Å²) in [7, 11) is 0. The van der Waals surface area contributed by atoms with Gasteiger partial charge in [-0.25, -0.2) is 9.67 Å². The second-order valence-corrected chi connectivity index (χ2v) is 8.45. The first-order valence-electron chi connectivity index (χ1n) is 9.17. The molecule has 0 spiro atoms. The van der Waals surface area contributed by atoms with Gasteiger partial charge in [0.25, 0.3) is 0 Å². The van der Waals surface area contributed by atoms with Crippen molar-refractivity contribution in [1.29, 1.82) is 0 Å². The number of hydrogen-bond donors (Lipinski definition) is 1. The first-order chi connectivity index (χ1) is 14.5. The van der Waals surface area contributed by atoms with E-state index in [1.807, 2.05) is 54.0 Å². The maximum absolute atomic E-state index is 12.4. The van der Waals surface area contributed by atoms with Crippen LogP contribution in [0.5, 0.6) is 0 Å². The number of thiophene rings is 1. The van der Waals surface area contributed by atoms with Crippen LogP contribution in [-0.4, -0.2) is 26.5 Å². The van der Waals surface area contributed by atoms with E-state index < -0.39 is 0 Å². The van der Waals surface area contributed by atoms with Crippen molar-refractivity contribution in [2.24, 2.45) is 0 Å². The SMILES string of the molecule is CC(=O)c1sc(NC(=O)C=Cc2cn(-c3ccccc3)nc2-c2cccs2)nc1C. The van der Waals surface area contributed by atoms with Crippen LogP contribution in [0.2, 0.25) is 0 Å². The van der Waals surface area contributed by atoms with Crippen LogP contribution in [0.15, 0.2) is 60.1 Å². The zero-order valence-electron chi connectivity index (χ0n) is 16.3. The Balaban J connectivity index is 1.59. The van der Waals surface area contributed by atoms with Gasteiger partial charge in [0.15, 0.2) is 10.9 Å². The third-order valence-electron chi connectivity index (χ3n) is 4.28. The summed E-state index contributed by atoms with van der Waals surface area (Å²) >= 11 is 2.77. The molecule has 0 aliphatic carbocycles. The van der Waals surface area contributed by atoms with Gasteiger partial charge in [0.2, 0.25) is 5.91 Å². The van der Waals surface area contributed by atoms with Crippen LogP contribution < -0.4 is 5.32 Å². The monoisotopic (exact) mass is 434 g/mol. The van der Waals surface area contributed by atoms with Crippen molar-refractivity contribution in [1.82, 2.24) is 14.8 Å². The van der Waals surface area contributed by atoms with Crippen LogP contribution in [0.3, 0.4) is 0 Å². The van der Waals surface area contributed by atoms with E-state index in [4.69, 9.17) is 5.10 Å². The van der Waals surface area contributed by atoms with Crippen molar-refractivity contribution in [3.63, 3.8) is 0 Å². The molecule has 0 unspecified atom stereocenters. The number of nitrogens with zero attached hydrogens (tertiary/aromatic N) is 3. The molecule has 1 aromatic carbocycles. The molecule has 6 nitrogen and oxygen atoms in total. The number of aryl methyl sites for hydroxylation is 1. The molecule has 0 bridgehead atoms. The van der Waals surface area contributed by atoms with Crippen molar-refractivity contribution in [2.45, 2.75) is 13.8 Å². The maximum atomic E-state index is 12.4. The number of thiazole rings is 1. The number of ketones is 1. The molecule has 4 rings (SSSR count). The van der Waals surface area contributed by atoms with Crippen molar-refractivity contribution in [3.05, 3.63) is 76.3 Å². The van der Waals surface area contributed by atoms with Crippen molar-refractivity contribution < 1.29 is 9.59 Å². The van der Waals surface area contributed by atoms with E-state index >= 15 is 0 Å². The highest BCUT2D eigenvalue weighted by molar-refractivity contribution is 7.17. The average Bonchev–Trinajstić information content (AvgIpc) is 3.46. The number of carbonyl (C=O) groups is 2. The molecule has 3 aromatic heterocycles. The number of Topliss-reactive ketones (excluding diaryl/α,β-unsaturated/α-hetero) is 1. The van der Waals surface area contributed by atoms with Gasteiger partial charge in [0, 0.05) is 24.8 Å². The lowest BCUT2D eigenvalue weighted by molar-refractivity contribution is -0.111. The molecule has 4 aromatic rings. The fourth-order valence-electron chi connectivity index (χ4n) is 2.92. The molecule has 150 valence electrons. The van der Waals surface area contributed by atoms with E-state index in [1.54, 1.807) is 29.0 Å². The standard InChI is InChI=1S/C22H18N4O2S2/c1-14-21(15(2)27)30-22(23-14)24-19(28)11-10-16-13-26(17-7-4-3-5-8-17)25-20(16)18-9-6-12-29-18/h3-13H,1-2H3,(H,23,24,28). The number of nitrogens with one attached hydrogen (secondary N) is 1. The Morgan fingerprint density at radius 2 is 1.93 bits per heavy atom. The Bertz CT molecular complexity index is 1220. The Hall–Kier alpha value is -3.36. The summed E-state index contributed by atoms with van der Waals surface area (Å²) in [6.07, 6.45) is 5.09. The number of amides is 1. The lowest BCUT2D eigenvalue weighted by Crippen LogP contribution is -2.07. The van der Waals surface area contributed by atoms with Crippen molar-refractivity contribution in [2.75, 3.05) is 5.32 Å². The van der Waals surface area contributed by atoms with Gasteiger partial charge < -0.3 is 0 Å². The number of rotatable bonds is 6. The van der Waals surface area contributed by atoms with Gasteiger partial charge in [-0.1, -0.05) is 35.6 Å². The number of para-hydroxylation sites is 1. The highest BCUT2D eigenvalue weighted by Gasteiger charge is 2.14. The molecule has 3 heterocycles. The highest BCUT2D eigenvalue weighted by atomic mass is 32.1. The Labute approximate surface area is 181 Å². The minimum absolute atomic E-state index is 0.0602. The van der Waals surface area contributed by atoms with Crippen molar-refractivity contribution in [3.8, 4) is 16.3 Å². The molecule has 30 heavy (non-hydrogen) atoms. The highest BCUT2D eigenvalue weighted by Crippen LogP contribution is 2.29. The van der Waals surface area contributed by atoms with Gasteiger partial charge in [-0.05, 0) is 36.6 Å². The molecule has 0 saturated heterocycles. The normalized spacial score (nSPS) is 11.1. The molecule has 0 saturated carbocycles. The zero-order valence-corrected chi connectivity index (χ0v) is 18.0. The average molecular weight is 435 g/mol. The number of carbonyl (C=O) groups excluding carboxylic acids is 2. The quantitative estimate of drug-likeness (QED) is 0.333. The molecule has 1 amide bonds. The summed E-state index contributed by atoms with van der Waals surface area (Å²) in [6, 6.07) is 13.8. The van der Waals surface area contributed by atoms with E-state index in [-0.39, 0.29) is 11.7 Å². The molecule has 0 aliphatic heterocycles. The summed E-state index contributed by atoms with van der Waals surface area (Å²) in [6.45, 7) is 3.24. The van der Waals surface area contributed by atoms with E-state index in [1.165, 1.54) is 24.3 Å². The largest absolute Gasteiger partial charge is 0.298 e. The minimum atomic E-state index is -0.316. The van der Waals surface area contributed by atoms with E-state index in [9.17, 15) is 9.59 Å². The lowest BCUT2D eigenvalue weighted by atomic mass is 10.2. The molecular weight excluding hydrogens is 416 g/mol. The lowest BCUT2D eigenvalue weighted by Gasteiger charge is -1.99. The third-order valence-corrected chi connectivity index (χ3v) is 6.33. The summed E-state index contributed by atoms with van der Waals surface area (Å²) in [5, 5.41) is 9.84. The Morgan fingerprint density at radius 3 is 2.60 bits per heavy atom. The summed E-state index contributed by atoms with van der Waals surface area (Å²) in [5.74, 6) is -0.376. The molecular formula is C22H18N4O2S2. The van der Waals surface area contributed by atoms with Gasteiger partial charge in [-0.3, -0.25) is 14.9 Å². The number of hydrogen-bond acceptors (Lipinski definition) is 6. The van der Waals surface area contributed by atoms with E-state index in [2.05, 4.69) is 10.3 Å². The fraction of sp³-hybridized carbons (Fsp3) is 0.0909. The summed E-state index contributed by atoms with van der Waals surface area (Å²) in [5.41, 5.74) is 3.20. The van der Waals surface area contributed by atoms with Crippen LogP contribution in [-0.2, 0) is 4.79 Å². The van der Waals surface area contributed by atoms with Gasteiger partial charge in [0.1, 0.15) is 5.69 Å². The van der Waals surface area contributed by atoms with Gasteiger partial charge in [0.05, 0.1) is 21.1 Å². The summed E-state index contributed by atoms with van der Waals surface area (Å²) in [4.78, 5) is 29.8. The van der Waals surface area contributed by atoms with Crippen LogP contribution >= 0.6 is 22.7 Å². The molecule has 0 aliphatic rings. The second-order valence-electron chi connectivity index (χ2n) is 6.50. The molecule has 8 heteroatoms. The number of anilines is 1. The first-order valence-corrected chi connectivity index (χ1v) is 10.9. The minimum Gasteiger partial charge on any atom is -0.298 e. The predicted octanol–water partition coefficient (Wildman–Crippen LogP) is 5.22. The maximum Gasteiger partial charge on any atom is 0.250 e. The van der Waals surface area contributed by atoms with E-state index in [0.717, 1.165) is 21.8 Å². The molecule has 0 radical (unpaired) electrons. The van der Waals surface area contributed by atoms with Crippen LogP contribution in [0.4, 0.5) is 5.13 Å². The summed E-state index contributed by atoms with van der Waals surface area (Å²) < 4.78 is 1.80. The molecule has 1 N–H and O–H groups in total. The Morgan fingerprint density at radius 1 is 1.13 bits per heavy atom. The molecule has 0 atom stereocenters. The van der Waals surface area contributed by atoms with Crippen LogP contribution in [0.25, 0.3) is 22.3 Å². The second kappa shape index (κ2) is 8.56. The fourth-order valence-corrected chi connectivity index (χ4v) is 4.51. The Kier molecular flexibility index (Phi) is 5.69. The topological polar surface area (TPSA) is 76.9 Å². The third kappa shape index (κ3) is 4.29. The smallest absolute Gasteiger partial charge is 0.250 e. The van der Waals surface area contributed by atoms with Gasteiger partial charge in [-0.2, -0.15) is 5.10 Å². The van der Waals surface area contributed by atoms with Gasteiger partial charge in [-0.15, -0.1) is 11.3 Å².